The van der Waals surface area contributed by atoms with Crippen LogP contribution in [0.3, 0.4) is 0 Å². The minimum absolute atomic E-state index is 0.0300. The van der Waals surface area contributed by atoms with Crippen molar-refractivity contribution in [3.8, 4) is 0 Å². The second-order valence-corrected chi connectivity index (χ2v) is 12.9. The Balaban J connectivity index is 2.29. The zero-order valence-electron chi connectivity index (χ0n) is 16.6. The molecule has 1 N–H and O–H groups in total. The highest BCUT2D eigenvalue weighted by molar-refractivity contribution is 6.74. The molecule has 26 heavy (non-hydrogen) atoms. The van der Waals surface area contributed by atoms with Crippen LogP contribution in [0.2, 0.25) is 18.1 Å². The van der Waals surface area contributed by atoms with Gasteiger partial charge >= 0.3 is 0 Å². The zero-order valence-corrected chi connectivity index (χ0v) is 17.6. The van der Waals surface area contributed by atoms with E-state index in [0.29, 0.717) is 6.61 Å². The van der Waals surface area contributed by atoms with Gasteiger partial charge in [0.05, 0.1) is 25.0 Å². The molecule has 0 spiro atoms. The van der Waals surface area contributed by atoms with Gasteiger partial charge in [-0.25, -0.2) is 0 Å². The van der Waals surface area contributed by atoms with Crippen LogP contribution in [0.5, 0.6) is 0 Å². The van der Waals surface area contributed by atoms with Crippen molar-refractivity contribution < 1.29 is 9.53 Å². The Morgan fingerprint density at radius 3 is 1.81 bits per heavy atom. The van der Waals surface area contributed by atoms with Crippen molar-refractivity contribution >= 4 is 14.0 Å². The number of aliphatic hydroxyl groups excluding tert-OH is 1. The molecule has 0 aliphatic heterocycles. The van der Waals surface area contributed by atoms with Crippen molar-refractivity contribution in [2.45, 2.75) is 44.9 Å². The van der Waals surface area contributed by atoms with Crippen molar-refractivity contribution in [3.63, 3.8) is 0 Å². The summed E-state index contributed by atoms with van der Waals surface area (Å²) in [6, 6.07) is 19.9. The summed E-state index contributed by atoms with van der Waals surface area (Å²) in [6.07, 6.45) is 0. The molecule has 0 amide bonds. The Bertz CT molecular complexity index is 664. The maximum absolute atomic E-state index is 9.90. The number of hydrogen-bond acceptors (Lipinski definition) is 3. The number of hydrogen-bond donors (Lipinski definition) is 1. The molecule has 0 aliphatic rings. The van der Waals surface area contributed by atoms with Crippen molar-refractivity contribution in [2.75, 3.05) is 13.2 Å². The van der Waals surface area contributed by atoms with Gasteiger partial charge in [-0.15, -0.1) is 0 Å². The van der Waals surface area contributed by atoms with Crippen LogP contribution in [0.4, 0.5) is 0 Å². The molecule has 0 aromatic heterocycles. The summed E-state index contributed by atoms with van der Waals surface area (Å²) in [5.41, 5.74) is 2.98. The standard InChI is InChI=1S/C22H31NO2Si/c1-22(2,3)26(4,5)25-17-20(16-24)23-21(18-12-8-6-9-13-18)19-14-10-7-11-15-19/h6-15,20,24H,16-17H2,1-5H3/t20-/m1/s1. The van der Waals surface area contributed by atoms with Crippen LogP contribution < -0.4 is 0 Å². The highest BCUT2D eigenvalue weighted by Gasteiger charge is 2.37. The van der Waals surface area contributed by atoms with Gasteiger partial charge < -0.3 is 9.53 Å². The van der Waals surface area contributed by atoms with E-state index in [4.69, 9.17) is 9.42 Å². The van der Waals surface area contributed by atoms with Gasteiger partial charge in [0.25, 0.3) is 0 Å². The van der Waals surface area contributed by atoms with Crippen LogP contribution in [0.1, 0.15) is 31.9 Å². The van der Waals surface area contributed by atoms with E-state index in [1.54, 1.807) is 0 Å². The molecule has 0 heterocycles. The maximum atomic E-state index is 9.90. The summed E-state index contributed by atoms with van der Waals surface area (Å²) in [4.78, 5) is 4.88. The van der Waals surface area contributed by atoms with Crippen LogP contribution in [0.25, 0.3) is 0 Å². The SMILES string of the molecule is CC(C)(C)[Si](C)(C)OC[C@@H](CO)N=C(c1ccccc1)c1ccccc1. The molecule has 0 aliphatic carbocycles. The van der Waals surface area contributed by atoms with Gasteiger partial charge in [-0.1, -0.05) is 81.4 Å². The third kappa shape index (κ3) is 5.37. The van der Waals surface area contributed by atoms with Crippen LogP contribution in [-0.2, 0) is 4.43 Å². The van der Waals surface area contributed by atoms with E-state index in [1.165, 1.54) is 0 Å². The third-order valence-corrected chi connectivity index (χ3v) is 9.56. The smallest absolute Gasteiger partial charge is 0.192 e. The van der Waals surface area contributed by atoms with E-state index in [-0.39, 0.29) is 17.7 Å². The van der Waals surface area contributed by atoms with Crippen LogP contribution in [0.15, 0.2) is 65.7 Å². The highest BCUT2D eigenvalue weighted by atomic mass is 28.4. The molecule has 0 unspecified atom stereocenters. The first kappa shape index (κ1) is 20.6. The van der Waals surface area contributed by atoms with E-state index in [1.807, 2.05) is 36.4 Å². The van der Waals surface area contributed by atoms with Gasteiger partial charge in [-0.05, 0) is 18.1 Å². The molecular formula is C22H31NO2Si. The quantitative estimate of drug-likeness (QED) is 0.557. The Kier molecular flexibility index (Phi) is 6.92. The van der Waals surface area contributed by atoms with E-state index < -0.39 is 8.32 Å². The van der Waals surface area contributed by atoms with Gasteiger partial charge in [-0.2, -0.15) is 0 Å². The van der Waals surface area contributed by atoms with E-state index in [9.17, 15) is 5.11 Å². The second-order valence-electron chi connectivity index (χ2n) is 8.12. The van der Waals surface area contributed by atoms with Crippen molar-refractivity contribution in [3.05, 3.63) is 71.8 Å². The van der Waals surface area contributed by atoms with Crippen molar-refractivity contribution in [2.24, 2.45) is 4.99 Å². The monoisotopic (exact) mass is 369 g/mol. The van der Waals surface area contributed by atoms with Crippen LogP contribution in [-0.4, -0.2) is 38.4 Å². The summed E-state index contributed by atoms with van der Waals surface area (Å²) in [6.45, 7) is 11.5. The largest absolute Gasteiger partial charge is 0.415 e. The predicted molar refractivity (Wildman–Crippen MR) is 113 cm³/mol. The third-order valence-electron chi connectivity index (χ3n) is 5.06. The zero-order chi connectivity index (χ0) is 19.2. The fourth-order valence-corrected chi connectivity index (χ4v) is 3.38. The summed E-state index contributed by atoms with van der Waals surface area (Å²) in [7, 11) is -1.87. The Morgan fingerprint density at radius 1 is 0.962 bits per heavy atom. The Hall–Kier alpha value is -1.75. The molecule has 2 aromatic rings. The van der Waals surface area contributed by atoms with Gasteiger partial charge in [0.2, 0.25) is 0 Å². The maximum Gasteiger partial charge on any atom is 0.192 e. The molecule has 4 heteroatoms. The Labute approximate surface area is 158 Å². The minimum atomic E-state index is -1.87. The molecule has 140 valence electrons. The van der Waals surface area contributed by atoms with Crippen molar-refractivity contribution in [1.82, 2.24) is 0 Å². The molecule has 1 atom stereocenters. The number of benzene rings is 2. The molecule has 0 saturated heterocycles. The van der Waals surface area contributed by atoms with Gasteiger partial charge in [0.1, 0.15) is 0 Å². The molecular weight excluding hydrogens is 338 g/mol. The average Bonchev–Trinajstić information content (AvgIpc) is 2.62. The lowest BCUT2D eigenvalue weighted by Gasteiger charge is -2.36. The first-order valence-corrected chi connectivity index (χ1v) is 12.1. The lowest BCUT2D eigenvalue weighted by Crippen LogP contribution is -2.43. The summed E-state index contributed by atoms with van der Waals surface area (Å²) in [5, 5.41) is 10.0. The summed E-state index contributed by atoms with van der Waals surface area (Å²) < 4.78 is 6.29. The van der Waals surface area contributed by atoms with E-state index >= 15 is 0 Å². The van der Waals surface area contributed by atoms with Crippen LogP contribution in [0, 0.1) is 0 Å². The fraction of sp³-hybridized carbons (Fsp3) is 0.409. The van der Waals surface area contributed by atoms with Gasteiger partial charge in [0.15, 0.2) is 8.32 Å². The van der Waals surface area contributed by atoms with Gasteiger partial charge in [-0.3, -0.25) is 4.99 Å². The fourth-order valence-electron chi connectivity index (χ4n) is 2.34. The number of aliphatic hydroxyl groups is 1. The predicted octanol–water partition coefficient (Wildman–Crippen LogP) is 4.91. The molecule has 2 rings (SSSR count). The summed E-state index contributed by atoms with van der Waals surface area (Å²) >= 11 is 0. The second kappa shape index (κ2) is 8.76. The molecule has 0 fully saturated rings. The highest BCUT2D eigenvalue weighted by Crippen LogP contribution is 2.36. The first-order chi connectivity index (χ1) is 12.2. The van der Waals surface area contributed by atoms with E-state index in [0.717, 1.165) is 16.8 Å². The minimum Gasteiger partial charge on any atom is -0.415 e. The molecule has 0 saturated carbocycles. The number of aliphatic imine (C=N–C) groups is 1. The lowest BCUT2D eigenvalue weighted by molar-refractivity contribution is 0.197. The summed E-state index contributed by atoms with van der Waals surface area (Å²) in [5.74, 6) is 0. The molecule has 0 bridgehead atoms. The van der Waals surface area contributed by atoms with Crippen LogP contribution >= 0.6 is 0 Å². The topological polar surface area (TPSA) is 41.8 Å². The lowest BCUT2D eigenvalue weighted by atomic mass is 10.0. The number of rotatable bonds is 7. The number of nitrogens with zero attached hydrogens (tertiary/aromatic N) is 1. The van der Waals surface area contributed by atoms with Crippen molar-refractivity contribution in [1.29, 1.82) is 0 Å². The first-order valence-electron chi connectivity index (χ1n) is 9.18. The molecule has 0 radical (unpaired) electrons. The molecule has 2 aromatic carbocycles. The van der Waals surface area contributed by atoms with E-state index in [2.05, 4.69) is 58.1 Å². The normalized spacial score (nSPS) is 13.3. The molecule has 3 nitrogen and oxygen atoms in total. The Morgan fingerprint density at radius 2 is 1.42 bits per heavy atom. The van der Waals surface area contributed by atoms with Gasteiger partial charge in [0, 0.05) is 11.1 Å². The average molecular weight is 370 g/mol.